The Kier molecular flexibility index (Phi) is 5.61. The van der Waals surface area contributed by atoms with E-state index < -0.39 is 17.5 Å². The molecule has 0 aliphatic rings. The van der Waals surface area contributed by atoms with Gasteiger partial charge in [-0.15, -0.1) is 11.3 Å². The van der Waals surface area contributed by atoms with Crippen molar-refractivity contribution in [3.8, 4) is 5.75 Å². The van der Waals surface area contributed by atoms with Crippen molar-refractivity contribution in [1.29, 1.82) is 0 Å². The third kappa shape index (κ3) is 4.57. The first kappa shape index (κ1) is 18.7. The molecule has 0 bridgehead atoms. The number of rotatable bonds is 6. The summed E-state index contributed by atoms with van der Waals surface area (Å²) in [4.78, 5) is 25.3. The molecule has 1 N–H and O–H groups in total. The summed E-state index contributed by atoms with van der Waals surface area (Å²) in [5.74, 6) is -2.35. The molecule has 4 nitrogen and oxygen atoms in total. The monoisotopic (exact) mass is 387 g/mol. The number of hydrogen-bond donors (Lipinski definition) is 1. The van der Waals surface area contributed by atoms with Crippen molar-refractivity contribution < 1.29 is 23.1 Å². The molecule has 0 atom stereocenters. The maximum atomic E-state index is 13.8. The molecule has 0 unspecified atom stereocenters. The predicted molar refractivity (Wildman–Crippen MR) is 99.4 cm³/mol. The average Bonchev–Trinajstić information content (AvgIpc) is 3.14. The molecule has 1 aromatic heterocycles. The van der Waals surface area contributed by atoms with Crippen LogP contribution in [0.2, 0.25) is 0 Å². The van der Waals surface area contributed by atoms with Crippen molar-refractivity contribution in [2.45, 2.75) is 13.5 Å². The molecule has 0 spiro atoms. The first-order valence-corrected chi connectivity index (χ1v) is 8.88. The van der Waals surface area contributed by atoms with E-state index in [1.54, 1.807) is 17.4 Å². The Labute approximate surface area is 158 Å². The Morgan fingerprint density at radius 3 is 2.56 bits per heavy atom. The van der Waals surface area contributed by atoms with Crippen LogP contribution in [0.25, 0.3) is 0 Å². The Morgan fingerprint density at radius 2 is 1.89 bits per heavy atom. The Morgan fingerprint density at radius 1 is 1.07 bits per heavy atom. The van der Waals surface area contributed by atoms with Crippen molar-refractivity contribution >= 4 is 28.7 Å². The van der Waals surface area contributed by atoms with E-state index in [-0.39, 0.29) is 22.6 Å². The molecule has 2 aromatic carbocycles. The summed E-state index contributed by atoms with van der Waals surface area (Å²) in [5.41, 5.74) is 0.137. The SMILES string of the molecule is CC(=O)c1cc(OCc2cccs2)ccc1NC(=O)c1ccc(F)cc1F. The zero-order chi connectivity index (χ0) is 19.4. The molecule has 0 aliphatic heterocycles. The summed E-state index contributed by atoms with van der Waals surface area (Å²) < 4.78 is 32.4. The number of ether oxygens (including phenoxy) is 1. The summed E-state index contributed by atoms with van der Waals surface area (Å²) in [6, 6.07) is 11.2. The number of nitrogens with one attached hydrogen (secondary N) is 1. The molecule has 1 heterocycles. The third-order valence-corrected chi connectivity index (χ3v) is 4.61. The van der Waals surface area contributed by atoms with Gasteiger partial charge in [0.1, 0.15) is 24.0 Å². The van der Waals surface area contributed by atoms with Crippen molar-refractivity contribution in [1.82, 2.24) is 0 Å². The number of hydrogen-bond acceptors (Lipinski definition) is 4. The van der Waals surface area contributed by atoms with Gasteiger partial charge in [0.15, 0.2) is 5.78 Å². The molecule has 3 aromatic rings. The zero-order valence-electron chi connectivity index (χ0n) is 14.3. The van der Waals surface area contributed by atoms with Gasteiger partial charge in [-0.25, -0.2) is 8.78 Å². The van der Waals surface area contributed by atoms with Crippen LogP contribution in [0.3, 0.4) is 0 Å². The van der Waals surface area contributed by atoms with Gasteiger partial charge in [0.05, 0.1) is 11.3 Å². The number of Topliss-reactive ketones (excluding diaryl/α,β-unsaturated/α-hetero) is 1. The van der Waals surface area contributed by atoms with Gasteiger partial charge in [-0.3, -0.25) is 9.59 Å². The lowest BCUT2D eigenvalue weighted by molar-refractivity contribution is 0.101. The van der Waals surface area contributed by atoms with Gasteiger partial charge < -0.3 is 10.1 Å². The number of benzene rings is 2. The number of anilines is 1. The molecule has 7 heteroatoms. The van der Waals surface area contributed by atoms with Crippen LogP contribution < -0.4 is 10.1 Å². The molecule has 1 amide bonds. The van der Waals surface area contributed by atoms with E-state index in [0.717, 1.165) is 17.0 Å². The third-order valence-electron chi connectivity index (χ3n) is 3.76. The quantitative estimate of drug-likeness (QED) is 0.602. The van der Waals surface area contributed by atoms with E-state index in [1.165, 1.54) is 19.1 Å². The Balaban J connectivity index is 1.80. The molecule has 0 aliphatic carbocycles. The number of carbonyl (C=O) groups is 2. The summed E-state index contributed by atoms with van der Waals surface area (Å²) in [7, 11) is 0. The fraction of sp³-hybridized carbons (Fsp3) is 0.100. The minimum Gasteiger partial charge on any atom is -0.488 e. The van der Waals surface area contributed by atoms with Crippen LogP contribution in [0.5, 0.6) is 5.75 Å². The largest absolute Gasteiger partial charge is 0.488 e. The second kappa shape index (κ2) is 8.09. The highest BCUT2D eigenvalue weighted by Gasteiger charge is 2.16. The summed E-state index contributed by atoms with van der Waals surface area (Å²) in [5, 5.41) is 4.43. The minimum absolute atomic E-state index is 0.222. The van der Waals surface area contributed by atoms with Crippen molar-refractivity contribution in [3.05, 3.63) is 81.5 Å². The fourth-order valence-electron chi connectivity index (χ4n) is 2.43. The van der Waals surface area contributed by atoms with E-state index in [0.29, 0.717) is 18.4 Å². The van der Waals surface area contributed by atoms with Crippen LogP contribution in [0, 0.1) is 11.6 Å². The molecule has 0 saturated heterocycles. The van der Waals surface area contributed by atoms with Crippen LogP contribution in [0.15, 0.2) is 53.9 Å². The van der Waals surface area contributed by atoms with Crippen LogP contribution >= 0.6 is 11.3 Å². The molecule has 138 valence electrons. The predicted octanol–water partition coefficient (Wildman–Crippen LogP) is 5.06. The molecule has 0 fully saturated rings. The molecule has 0 saturated carbocycles. The van der Waals surface area contributed by atoms with E-state index in [4.69, 9.17) is 4.74 Å². The van der Waals surface area contributed by atoms with E-state index >= 15 is 0 Å². The lowest BCUT2D eigenvalue weighted by Crippen LogP contribution is -2.16. The van der Waals surface area contributed by atoms with Crippen LogP contribution in [0.4, 0.5) is 14.5 Å². The minimum atomic E-state index is -0.979. The number of halogens is 2. The van der Waals surface area contributed by atoms with Crippen molar-refractivity contribution in [2.75, 3.05) is 5.32 Å². The summed E-state index contributed by atoms with van der Waals surface area (Å²) >= 11 is 1.55. The molecule has 3 rings (SSSR count). The van der Waals surface area contributed by atoms with E-state index in [9.17, 15) is 18.4 Å². The van der Waals surface area contributed by atoms with Gasteiger partial charge >= 0.3 is 0 Å². The topological polar surface area (TPSA) is 55.4 Å². The zero-order valence-corrected chi connectivity index (χ0v) is 15.1. The second-order valence-electron chi connectivity index (χ2n) is 5.71. The van der Waals surface area contributed by atoms with Crippen LogP contribution in [-0.4, -0.2) is 11.7 Å². The first-order chi connectivity index (χ1) is 12.9. The average molecular weight is 387 g/mol. The first-order valence-electron chi connectivity index (χ1n) is 8.00. The standard InChI is InChI=1S/C20H15F2NO3S/c1-12(24)17-10-14(26-11-15-3-2-8-27-15)5-7-19(17)23-20(25)16-6-4-13(21)9-18(16)22/h2-10H,11H2,1H3,(H,23,25). The lowest BCUT2D eigenvalue weighted by Gasteiger charge is -2.12. The van der Waals surface area contributed by atoms with Crippen molar-refractivity contribution in [3.63, 3.8) is 0 Å². The Hall–Kier alpha value is -3.06. The summed E-state index contributed by atoms with van der Waals surface area (Å²) in [6.07, 6.45) is 0. The normalized spacial score (nSPS) is 10.5. The highest BCUT2D eigenvalue weighted by Crippen LogP contribution is 2.25. The second-order valence-corrected chi connectivity index (χ2v) is 6.74. The summed E-state index contributed by atoms with van der Waals surface area (Å²) in [6.45, 7) is 1.72. The smallest absolute Gasteiger partial charge is 0.258 e. The van der Waals surface area contributed by atoms with Gasteiger partial charge in [-0.05, 0) is 48.7 Å². The molecular formula is C20H15F2NO3S. The van der Waals surface area contributed by atoms with Crippen molar-refractivity contribution in [2.24, 2.45) is 0 Å². The number of amides is 1. The highest BCUT2D eigenvalue weighted by molar-refractivity contribution is 7.09. The van der Waals surface area contributed by atoms with E-state index in [2.05, 4.69) is 5.32 Å². The number of carbonyl (C=O) groups excluding carboxylic acids is 2. The molecule has 27 heavy (non-hydrogen) atoms. The highest BCUT2D eigenvalue weighted by atomic mass is 32.1. The van der Waals surface area contributed by atoms with Crippen LogP contribution in [-0.2, 0) is 6.61 Å². The van der Waals surface area contributed by atoms with Gasteiger partial charge in [0.2, 0.25) is 0 Å². The maximum Gasteiger partial charge on any atom is 0.258 e. The fourth-order valence-corrected chi connectivity index (χ4v) is 3.04. The van der Waals surface area contributed by atoms with E-state index in [1.807, 2.05) is 17.5 Å². The van der Waals surface area contributed by atoms with Gasteiger partial charge in [-0.2, -0.15) is 0 Å². The number of ketones is 1. The molecular weight excluding hydrogens is 372 g/mol. The molecule has 0 radical (unpaired) electrons. The Bertz CT molecular complexity index is 987. The van der Waals surface area contributed by atoms with Crippen LogP contribution in [0.1, 0.15) is 32.5 Å². The number of thiophene rings is 1. The van der Waals surface area contributed by atoms with Gasteiger partial charge in [-0.1, -0.05) is 6.07 Å². The van der Waals surface area contributed by atoms with Gasteiger partial charge in [0.25, 0.3) is 5.91 Å². The van der Waals surface area contributed by atoms with Gasteiger partial charge in [0, 0.05) is 16.5 Å². The lowest BCUT2D eigenvalue weighted by atomic mass is 10.1. The maximum absolute atomic E-state index is 13.8.